The normalized spacial score (nSPS) is 11.8. The zero-order valence-corrected chi connectivity index (χ0v) is 12.6. The van der Waals surface area contributed by atoms with Gasteiger partial charge in [-0.15, -0.1) is 0 Å². The predicted molar refractivity (Wildman–Crippen MR) is 79.5 cm³/mol. The second-order valence-corrected chi connectivity index (χ2v) is 6.37. The molecule has 0 bridgehead atoms. The molecular formula is C16H22N2O2. The number of rotatable bonds is 4. The molecule has 4 heteroatoms. The van der Waals surface area contributed by atoms with Gasteiger partial charge in [0.1, 0.15) is 5.52 Å². The van der Waals surface area contributed by atoms with E-state index in [1.165, 1.54) is 0 Å². The Labute approximate surface area is 119 Å². The van der Waals surface area contributed by atoms with Gasteiger partial charge in [-0.2, -0.15) is 0 Å². The average molecular weight is 274 g/mol. The summed E-state index contributed by atoms with van der Waals surface area (Å²) in [5.41, 5.74) is 2.87. The van der Waals surface area contributed by atoms with Crippen molar-refractivity contribution in [2.24, 2.45) is 5.41 Å². The zero-order chi connectivity index (χ0) is 14.8. The second-order valence-electron chi connectivity index (χ2n) is 6.37. The van der Waals surface area contributed by atoms with Gasteiger partial charge in [-0.25, -0.2) is 4.98 Å². The van der Waals surface area contributed by atoms with E-state index in [1.54, 1.807) is 0 Å². The molecule has 0 saturated carbocycles. The van der Waals surface area contributed by atoms with Gasteiger partial charge >= 0.3 is 0 Å². The highest BCUT2D eigenvalue weighted by molar-refractivity contribution is 5.76. The van der Waals surface area contributed by atoms with Crippen LogP contribution in [0.3, 0.4) is 0 Å². The summed E-state index contributed by atoms with van der Waals surface area (Å²) in [5, 5.41) is 2.96. The van der Waals surface area contributed by atoms with Gasteiger partial charge < -0.3 is 9.73 Å². The van der Waals surface area contributed by atoms with Crippen molar-refractivity contribution in [2.75, 3.05) is 6.54 Å². The van der Waals surface area contributed by atoms with Crippen LogP contribution in [0.15, 0.2) is 22.6 Å². The molecule has 0 atom stereocenters. The smallest absolute Gasteiger partial charge is 0.220 e. The molecule has 1 aromatic heterocycles. The van der Waals surface area contributed by atoms with Crippen molar-refractivity contribution in [2.45, 2.75) is 40.5 Å². The fraction of sp³-hybridized carbons (Fsp3) is 0.500. The molecule has 0 aliphatic rings. The van der Waals surface area contributed by atoms with Crippen molar-refractivity contribution in [3.63, 3.8) is 0 Å². The first-order valence-electron chi connectivity index (χ1n) is 6.96. The van der Waals surface area contributed by atoms with E-state index in [1.807, 2.05) is 25.1 Å². The monoisotopic (exact) mass is 274 g/mol. The molecule has 4 nitrogen and oxygen atoms in total. The Morgan fingerprint density at radius 2 is 2.10 bits per heavy atom. The molecule has 0 saturated heterocycles. The molecule has 0 unspecified atom stereocenters. The van der Waals surface area contributed by atoms with Crippen LogP contribution in [-0.4, -0.2) is 17.4 Å². The van der Waals surface area contributed by atoms with E-state index in [0.717, 1.165) is 23.1 Å². The molecule has 2 rings (SSSR count). The average Bonchev–Trinajstić information content (AvgIpc) is 2.66. The lowest BCUT2D eigenvalue weighted by Gasteiger charge is -2.17. The largest absolute Gasteiger partial charge is 0.441 e. The first-order chi connectivity index (χ1) is 9.33. The molecular weight excluding hydrogens is 252 g/mol. The SMILES string of the molecule is Cc1nc2cc(CCNC(=O)CC(C)(C)C)ccc2o1. The molecule has 0 spiro atoms. The van der Waals surface area contributed by atoms with Gasteiger partial charge in [-0.05, 0) is 29.5 Å². The maximum Gasteiger partial charge on any atom is 0.220 e. The summed E-state index contributed by atoms with van der Waals surface area (Å²) in [4.78, 5) is 16.0. The van der Waals surface area contributed by atoms with E-state index in [0.29, 0.717) is 18.9 Å². The summed E-state index contributed by atoms with van der Waals surface area (Å²) < 4.78 is 5.44. The number of benzene rings is 1. The third-order valence-corrected chi connectivity index (χ3v) is 2.99. The molecule has 2 aromatic rings. The first-order valence-corrected chi connectivity index (χ1v) is 6.96. The number of fused-ring (bicyclic) bond motifs is 1. The van der Waals surface area contributed by atoms with Crippen LogP contribution in [0.2, 0.25) is 0 Å². The van der Waals surface area contributed by atoms with E-state index >= 15 is 0 Å². The summed E-state index contributed by atoms with van der Waals surface area (Å²) in [5.74, 6) is 0.784. The number of nitrogens with zero attached hydrogens (tertiary/aromatic N) is 1. The maximum atomic E-state index is 11.7. The predicted octanol–water partition coefficient (Wildman–Crippen LogP) is 3.23. The summed E-state index contributed by atoms with van der Waals surface area (Å²) in [6.07, 6.45) is 1.35. The Balaban J connectivity index is 1.88. The van der Waals surface area contributed by atoms with Crippen molar-refractivity contribution >= 4 is 17.0 Å². The maximum absolute atomic E-state index is 11.7. The molecule has 0 aliphatic heterocycles. The van der Waals surface area contributed by atoms with Crippen molar-refractivity contribution in [3.8, 4) is 0 Å². The highest BCUT2D eigenvalue weighted by atomic mass is 16.3. The molecule has 1 N–H and O–H groups in total. The number of oxazole rings is 1. The topological polar surface area (TPSA) is 55.1 Å². The lowest BCUT2D eigenvalue weighted by atomic mass is 9.92. The number of nitrogens with one attached hydrogen (secondary N) is 1. The molecule has 0 aliphatic carbocycles. The quantitative estimate of drug-likeness (QED) is 0.931. The zero-order valence-electron chi connectivity index (χ0n) is 12.6. The Morgan fingerprint density at radius 3 is 2.80 bits per heavy atom. The van der Waals surface area contributed by atoms with Crippen LogP contribution in [0.4, 0.5) is 0 Å². The van der Waals surface area contributed by atoms with Crippen LogP contribution in [0.1, 0.15) is 38.6 Å². The van der Waals surface area contributed by atoms with Gasteiger partial charge in [0.25, 0.3) is 0 Å². The van der Waals surface area contributed by atoms with Crippen molar-refractivity contribution < 1.29 is 9.21 Å². The number of hydrogen-bond acceptors (Lipinski definition) is 3. The van der Waals surface area contributed by atoms with Gasteiger partial charge in [0, 0.05) is 19.9 Å². The number of aryl methyl sites for hydroxylation is 1. The van der Waals surface area contributed by atoms with Crippen molar-refractivity contribution in [1.29, 1.82) is 0 Å². The molecule has 108 valence electrons. The number of aromatic nitrogens is 1. The number of carbonyl (C=O) groups is 1. The number of carbonyl (C=O) groups excluding carboxylic acids is 1. The molecule has 0 fully saturated rings. The third-order valence-electron chi connectivity index (χ3n) is 2.99. The molecule has 1 aromatic carbocycles. The minimum Gasteiger partial charge on any atom is -0.441 e. The van der Waals surface area contributed by atoms with Gasteiger partial charge in [0.2, 0.25) is 5.91 Å². The summed E-state index contributed by atoms with van der Waals surface area (Å²) in [6, 6.07) is 5.96. The lowest BCUT2D eigenvalue weighted by molar-refractivity contribution is -0.122. The van der Waals surface area contributed by atoms with Gasteiger partial charge in [0.05, 0.1) is 0 Å². The van der Waals surface area contributed by atoms with E-state index in [4.69, 9.17) is 4.42 Å². The van der Waals surface area contributed by atoms with Crippen LogP contribution in [0, 0.1) is 12.3 Å². The fourth-order valence-corrected chi connectivity index (χ4v) is 2.13. The molecule has 20 heavy (non-hydrogen) atoms. The number of amides is 1. The third kappa shape index (κ3) is 4.08. The van der Waals surface area contributed by atoms with Crippen LogP contribution >= 0.6 is 0 Å². The Hall–Kier alpha value is -1.84. The van der Waals surface area contributed by atoms with Gasteiger partial charge in [-0.1, -0.05) is 26.8 Å². The Bertz CT molecular complexity index is 608. The van der Waals surface area contributed by atoms with Crippen LogP contribution in [0.5, 0.6) is 0 Å². The van der Waals surface area contributed by atoms with E-state index in [2.05, 4.69) is 31.1 Å². The molecule has 1 heterocycles. The number of hydrogen-bond donors (Lipinski definition) is 1. The standard InChI is InChI=1S/C16H22N2O2/c1-11-18-13-9-12(5-6-14(13)20-11)7-8-17-15(19)10-16(2,3)4/h5-6,9H,7-8,10H2,1-4H3,(H,17,19). The Kier molecular flexibility index (Phi) is 4.12. The molecule has 0 radical (unpaired) electrons. The summed E-state index contributed by atoms with van der Waals surface area (Å²) >= 11 is 0. The van der Waals surface area contributed by atoms with Crippen LogP contribution < -0.4 is 5.32 Å². The van der Waals surface area contributed by atoms with Crippen LogP contribution in [-0.2, 0) is 11.2 Å². The Morgan fingerprint density at radius 1 is 1.35 bits per heavy atom. The van der Waals surface area contributed by atoms with Gasteiger partial charge in [-0.3, -0.25) is 4.79 Å². The van der Waals surface area contributed by atoms with E-state index in [9.17, 15) is 4.79 Å². The fourth-order valence-electron chi connectivity index (χ4n) is 2.13. The second kappa shape index (κ2) is 5.65. The minimum absolute atomic E-state index is 0.0290. The van der Waals surface area contributed by atoms with E-state index < -0.39 is 0 Å². The first kappa shape index (κ1) is 14.6. The van der Waals surface area contributed by atoms with Crippen molar-refractivity contribution in [3.05, 3.63) is 29.7 Å². The van der Waals surface area contributed by atoms with Gasteiger partial charge in [0.15, 0.2) is 11.5 Å². The molecule has 1 amide bonds. The van der Waals surface area contributed by atoms with Crippen molar-refractivity contribution in [1.82, 2.24) is 10.3 Å². The highest BCUT2D eigenvalue weighted by Gasteiger charge is 2.15. The summed E-state index contributed by atoms with van der Waals surface area (Å²) in [6.45, 7) is 8.68. The van der Waals surface area contributed by atoms with Crippen LogP contribution in [0.25, 0.3) is 11.1 Å². The van der Waals surface area contributed by atoms with E-state index in [-0.39, 0.29) is 11.3 Å². The highest BCUT2D eigenvalue weighted by Crippen LogP contribution is 2.18. The lowest BCUT2D eigenvalue weighted by Crippen LogP contribution is -2.29. The summed E-state index contributed by atoms with van der Waals surface area (Å²) in [7, 11) is 0. The minimum atomic E-state index is 0.0290.